The van der Waals surface area contributed by atoms with Crippen molar-refractivity contribution in [2.75, 3.05) is 11.4 Å². The third kappa shape index (κ3) is 1.95. The van der Waals surface area contributed by atoms with Crippen molar-refractivity contribution in [3.63, 3.8) is 0 Å². The zero-order chi connectivity index (χ0) is 13.4. The number of aromatic carboxylic acids is 1. The molecule has 0 amide bonds. The molecule has 3 rings (SSSR count). The Labute approximate surface area is 111 Å². The van der Waals surface area contributed by atoms with Gasteiger partial charge in [0.05, 0.1) is 0 Å². The minimum Gasteiger partial charge on any atom is -0.476 e. The van der Waals surface area contributed by atoms with Crippen LogP contribution in [0.3, 0.4) is 0 Å². The number of aromatic nitrogens is 2. The summed E-state index contributed by atoms with van der Waals surface area (Å²) < 4.78 is 1.65. The van der Waals surface area contributed by atoms with Gasteiger partial charge in [-0.1, -0.05) is 6.07 Å². The molecular formula is C14H17N3O2. The summed E-state index contributed by atoms with van der Waals surface area (Å²) in [5, 5.41) is 9.48. The lowest BCUT2D eigenvalue weighted by atomic mass is 10.0. The maximum absolute atomic E-state index is 11.6. The molecule has 100 valence electrons. The Morgan fingerprint density at radius 1 is 1.42 bits per heavy atom. The number of fused-ring (bicyclic) bond motifs is 1. The molecule has 0 aromatic carbocycles. The summed E-state index contributed by atoms with van der Waals surface area (Å²) in [6.07, 6.45) is 5.14. The second-order valence-electron chi connectivity index (χ2n) is 5.06. The van der Waals surface area contributed by atoms with Gasteiger partial charge in [0.1, 0.15) is 5.65 Å². The number of carbonyl (C=O) groups is 1. The number of hydrogen-bond donors (Lipinski definition) is 1. The van der Waals surface area contributed by atoms with E-state index in [1.807, 2.05) is 18.2 Å². The summed E-state index contributed by atoms with van der Waals surface area (Å²) in [7, 11) is 0. The van der Waals surface area contributed by atoms with Gasteiger partial charge in [-0.3, -0.25) is 4.40 Å². The third-order valence-corrected chi connectivity index (χ3v) is 3.79. The molecule has 3 heterocycles. The van der Waals surface area contributed by atoms with Crippen molar-refractivity contribution in [3.8, 4) is 0 Å². The highest BCUT2D eigenvalue weighted by molar-refractivity contribution is 5.93. The van der Waals surface area contributed by atoms with Crippen molar-refractivity contribution < 1.29 is 9.90 Å². The number of rotatable bonds is 2. The normalized spacial score (nSPS) is 19.8. The van der Waals surface area contributed by atoms with Gasteiger partial charge in [-0.15, -0.1) is 0 Å². The molecule has 2 aromatic heterocycles. The van der Waals surface area contributed by atoms with Crippen molar-refractivity contribution in [2.24, 2.45) is 0 Å². The van der Waals surface area contributed by atoms with Crippen molar-refractivity contribution in [1.29, 1.82) is 0 Å². The number of hydrogen-bond acceptors (Lipinski definition) is 3. The van der Waals surface area contributed by atoms with E-state index in [1.165, 1.54) is 6.42 Å². The van der Waals surface area contributed by atoms with E-state index in [-0.39, 0.29) is 5.69 Å². The monoisotopic (exact) mass is 259 g/mol. The lowest BCUT2D eigenvalue weighted by Crippen LogP contribution is -2.38. The van der Waals surface area contributed by atoms with Gasteiger partial charge < -0.3 is 10.0 Å². The van der Waals surface area contributed by atoms with Gasteiger partial charge in [0.25, 0.3) is 0 Å². The molecule has 1 saturated heterocycles. The van der Waals surface area contributed by atoms with Gasteiger partial charge in [0.15, 0.2) is 11.5 Å². The fraction of sp³-hybridized carbons (Fsp3) is 0.429. The molecule has 0 aliphatic carbocycles. The number of nitrogens with zero attached hydrogens (tertiary/aromatic N) is 3. The molecule has 1 fully saturated rings. The summed E-state index contributed by atoms with van der Waals surface area (Å²) in [4.78, 5) is 18.2. The molecule has 2 aromatic rings. The molecule has 1 aliphatic heterocycles. The van der Waals surface area contributed by atoms with Crippen LogP contribution in [0.5, 0.6) is 0 Å². The topological polar surface area (TPSA) is 57.8 Å². The van der Waals surface area contributed by atoms with Crippen LogP contribution in [0.1, 0.15) is 36.7 Å². The van der Waals surface area contributed by atoms with Gasteiger partial charge in [0, 0.05) is 18.8 Å². The summed E-state index contributed by atoms with van der Waals surface area (Å²) in [6.45, 7) is 3.01. The fourth-order valence-electron chi connectivity index (χ4n) is 2.80. The molecule has 19 heavy (non-hydrogen) atoms. The largest absolute Gasteiger partial charge is 0.476 e. The zero-order valence-electron chi connectivity index (χ0n) is 10.9. The average molecular weight is 259 g/mol. The lowest BCUT2D eigenvalue weighted by molar-refractivity contribution is 0.0690. The number of carboxylic acid groups (broad SMARTS) is 1. The van der Waals surface area contributed by atoms with E-state index in [4.69, 9.17) is 0 Å². The van der Waals surface area contributed by atoms with E-state index < -0.39 is 5.97 Å². The first-order chi connectivity index (χ1) is 9.18. The predicted molar refractivity (Wildman–Crippen MR) is 72.8 cm³/mol. The number of anilines is 1. The van der Waals surface area contributed by atoms with E-state index in [0.717, 1.165) is 19.4 Å². The number of carboxylic acids is 1. The van der Waals surface area contributed by atoms with Crippen LogP contribution in [-0.2, 0) is 0 Å². The maximum Gasteiger partial charge on any atom is 0.356 e. The Kier molecular flexibility index (Phi) is 2.89. The van der Waals surface area contributed by atoms with Gasteiger partial charge in [-0.2, -0.15) is 0 Å². The van der Waals surface area contributed by atoms with Crippen LogP contribution in [-0.4, -0.2) is 33.0 Å². The van der Waals surface area contributed by atoms with Gasteiger partial charge >= 0.3 is 5.97 Å². The van der Waals surface area contributed by atoms with Crippen LogP contribution in [0.2, 0.25) is 0 Å². The number of piperidine rings is 1. The molecule has 1 aliphatic rings. The molecule has 1 N–H and O–H groups in total. The minimum absolute atomic E-state index is 0.268. The highest BCUT2D eigenvalue weighted by Gasteiger charge is 2.27. The summed E-state index contributed by atoms with van der Waals surface area (Å²) in [6, 6.07) is 5.88. The first kappa shape index (κ1) is 12.0. The van der Waals surface area contributed by atoms with Gasteiger partial charge in [-0.05, 0) is 38.3 Å². The highest BCUT2D eigenvalue weighted by atomic mass is 16.4. The highest BCUT2D eigenvalue weighted by Crippen LogP contribution is 2.28. The molecule has 0 radical (unpaired) electrons. The van der Waals surface area contributed by atoms with Crippen molar-refractivity contribution in [1.82, 2.24) is 9.38 Å². The fourth-order valence-corrected chi connectivity index (χ4v) is 2.80. The lowest BCUT2D eigenvalue weighted by Gasteiger charge is -2.33. The van der Waals surface area contributed by atoms with E-state index in [0.29, 0.717) is 17.5 Å². The van der Waals surface area contributed by atoms with E-state index >= 15 is 0 Å². The number of imidazole rings is 1. The average Bonchev–Trinajstić information content (AvgIpc) is 2.78. The van der Waals surface area contributed by atoms with Crippen LogP contribution >= 0.6 is 0 Å². The minimum atomic E-state index is -0.925. The van der Waals surface area contributed by atoms with Crippen LogP contribution in [0, 0.1) is 0 Å². The zero-order valence-corrected chi connectivity index (χ0v) is 10.9. The van der Waals surface area contributed by atoms with Crippen molar-refractivity contribution >= 4 is 17.4 Å². The Morgan fingerprint density at radius 3 is 3.00 bits per heavy atom. The summed E-state index contributed by atoms with van der Waals surface area (Å²) in [5.74, 6) is -0.322. The number of pyridine rings is 1. The maximum atomic E-state index is 11.6. The standard InChI is InChI=1S/C14H17N3O2/c1-10-6-2-4-8-16(10)13-12(14(18)19)17-9-5-3-7-11(17)15-13/h3,5,7,9-10H,2,4,6,8H2,1H3,(H,18,19). The Balaban J connectivity index is 2.16. The quantitative estimate of drug-likeness (QED) is 0.899. The van der Waals surface area contributed by atoms with Crippen LogP contribution in [0.4, 0.5) is 5.82 Å². The van der Waals surface area contributed by atoms with Crippen LogP contribution in [0.15, 0.2) is 24.4 Å². The molecule has 5 heteroatoms. The smallest absolute Gasteiger partial charge is 0.356 e. The molecular weight excluding hydrogens is 242 g/mol. The second kappa shape index (κ2) is 4.57. The van der Waals surface area contributed by atoms with Crippen LogP contribution in [0.25, 0.3) is 5.65 Å². The molecule has 1 atom stereocenters. The molecule has 1 unspecified atom stereocenters. The summed E-state index contributed by atoms with van der Waals surface area (Å²) >= 11 is 0. The van der Waals surface area contributed by atoms with Gasteiger partial charge in [-0.25, -0.2) is 9.78 Å². The van der Waals surface area contributed by atoms with Crippen molar-refractivity contribution in [3.05, 3.63) is 30.1 Å². The first-order valence-electron chi connectivity index (χ1n) is 6.65. The first-order valence-corrected chi connectivity index (χ1v) is 6.65. The Bertz CT molecular complexity index is 620. The Morgan fingerprint density at radius 2 is 2.26 bits per heavy atom. The van der Waals surface area contributed by atoms with E-state index in [9.17, 15) is 9.90 Å². The summed E-state index contributed by atoms with van der Waals surface area (Å²) in [5.41, 5.74) is 0.956. The van der Waals surface area contributed by atoms with Crippen molar-refractivity contribution in [2.45, 2.75) is 32.2 Å². The van der Waals surface area contributed by atoms with Gasteiger partial charge in [0.2, 0.25) is 0 Å². The van der Waals surface area contributed by atoms with E-state index in [2.05, 4.69) is 16.8 Å². The third-order valence-electron chi connectivity index (χ3n) is 3.79. The van der Waals surface area contributed by atoms with Crippen LogP contribution < -0.4 is 4.90 Å². The van der Waals surface area contributed by atoms with E-state index in [1.54, 1.807) is 10.6 Å². The Hall–Kier alpha value is -2.04. The molecule has 0 bridgehead atoms. The SMILES string of the molecule is CC1CCCCN1c1nc2ccccn2c1C(=O)O. The predicted octanol–water partition coefficient (Wildman–Crippen LogP) is 2.41. The molecule has 0 spiro atoms. The second-order valence-corrected chi connectivity index (χ2v) is 5.06. The molecule has 0 saturated carbocycles. The molecule has 5 nitrogen and oxygen atoms in total.